The molecule has 1 aliphatic rings. The van der Waals surface area contributed by atoms with Gasteiger partial charge in [-0.05, 0) is 31.7 Å². The number of hydrogen-bond acceptors (Lipinski definition) is 2. The zero-order valence-electron chi connectivity index (χ0n) is 10.00. The number of likely N-dealkylation sites (N-methyl/N-ethyl adjacent to an activating group) is 1. The number of nitrogens with zero attached hydrogens (tertiary/aromatic N) is 1. The van der Waals surface area contributed by atoms with E-state index in [0.717, 1.165) is 18.4 Å². The van der Waals surface area contributed by atoms with E-state index in [2.05, 4.69) is 25.8 Å². The molecule has 0 aromatic rings. The highest BCUT2D eigenvalue weighted by molar-refractivity contribution is 4.84. The summed E-state index contributed by atoms with van der Waals surface area (Å²) in [7, 11) is 2.24. The van der Waals surface area contributed by atoms with Gasteiger partial charge in [-0.1, -0.05) is 26.7 Å². The molecule has 0 radical (unpaired) electrons. The second kappa shape index (κ2) is 5.72. The first-order chi connectivity index (χ1) is 6.69. The van der Waals surface area contributed by atoms with Crippen LogP contribution in [0.2, 0.25) is 0 Å². The molecule has 0 saturated heterocycles. The Labute approximate surface area is 88.8 Å². The lowest BCUT2D eigenvalue weighted by atomic mass is 9.79. The van der Waals surface area contributed by atoms with E-state index in [-0.39, 0.29) is 0 Å². The summed E-state index contributed by atoms with van der Waals surface area (Å²) in [6.07, 6.45) is 5.48. The molecular weight excluding hydrogens is 172 g/mol. The molecule has 1 rings (SSSR count). The molecule has 84 valence electrons. The lowest BCUT2D eigenvalue weighted by Crippen LogP contribution is -2.47. The number of nitrogens with two attached hydrogens (primary N) is 1. The quantitative estimate of drug-likeness (QED) is 0.708. The fourth-order valence-corrected chi connectivity index (χ4v) is 2.31. The largest absolute Gasteiger partial charge is 0.329 e. The Hall–Kier alpha value is -0.0800. The van der Waals surface area contributed by atoms with E-state index in [9.17, 15) is 0 Å². The van der Waals surface area contributed by atoms with Crippen LogP contribution in [0.3, 0.4) is 0 Å². The predicted molar refractivity (Wildman–Crippen MR) is 62.3 cm³/mol. The first-order valence-corrected chi connectivity index (χ1v) is 6.09. The van der Waals surface area contributed by atoms with E-state index < -0.39 is 0 Å². The van der Waals surface area contributed by atoms with E-state index in [1.807, 2.05) is 0 Å². The summed E-state index contributed by atoms with van der Waals surface area (Å²) < 4.78 is 0. The first-order valence-electron chi connectivity index (χ1n) is 6.09. The summed E-state index contributed by atoms with van der Waals surface area (Å²) in [5, 5.41) is 0. The average Bonchev–Trinajstić information content (AvgIpc) is 2.10. The van der Waals surface area contributed by atoms with Crippen molar-refractivity contribution < 1.29 is 0 Å². The second-order valence-corrected chi connectivity index (χ2v) is 4.95. The minimum Gasteiger partial charge on any atom is -0.329 e. The maximum absolute atomic E-state index is 5.86. The summed E-state index contributed by atoms with van der Waals surface area (Å²) in [6, 6.07) is 0.637. The molecular formula is C12H26N2. The van der Waals surface area contributed by atoms with Crippen LogP contribution in [-0.4, -0.2) is 31.1 Å². The maximum atomic E-state index is 5.86. The predicted octanol–water partition coefficient (Wildman–Crippen LogP) is 2.09. The van der Waals surface area contributed by atoms with Crippen LogP contribution < -0.4 is 5.73 Å². The summed E-state index contributed by atoms with van der Waals surface area (Å²) in [4.78, 5) is 2.48. The van der Waals surface area contributed by atoms with Gasteiger partial charge in [0.2, 0.25) is 0 Å². The standard InChI is InChI=1S/C12H26N2/c1-4-10(2)9-14(3)12(8-13)11-6-5-7-11/h10-12H,4-9,13H2,1-3H3. The zero-order chi connectivity index (χ0) is 10.6. The van der Waals surface area contributed by atoms with Crippen molar-refractivity contribution >= 4 is 0 Å². The molecule has 2 unspecified atom stereocenters. The van der Waals surface area contributed by atoms with Crippen molar-refractivity contribution in [2.24, 2.45) is 17.6 Å². The molecule has 1 aliphatic carbocycles. The normalized spacial score (nSPS) is 22.1. The fourth-order valence-electron chi connectivity index (χ4n) is 2.31. The molecule has 0 aromatic carbocycles. The molecule has 0 bridgehead atoms. The topological polar surface area (TPSA) is 29.3 Å². The van der Waals surface area contributed by atoms with E-state index >= 15 is 0 Å². The molecule has 2 heteroatoms. The molecule has 0 spiro atoms. The zero-order valence-corrected chi connectivity index (χ0v) is 10.00. The molecule has 1 saturated carbocycles. The van der Waals surface area contributed by atoms with Gasteiger partial charge >= 0.3 is 0 Å². The Bertz CT molecular complexity index is 154. The number of rotatable bonds is 6. The van der Waals surface area contributed by atoms with Crippen LogP contribution in [0.1, 0.15) is 39.5 Å². The lowest BCUT2D eigenvalue weighted by Gasteiger charge is -2.39. The number of hydrogen-bond donors (Lipinski definition) is 1. The molecule has 2 N–H and O–H groups in total. The highest BCUT2D eigenvalue weighted by Gasteiger charge is 2.29. The highest BCUT2D eigenvalue weighted by Crippen LogP contribution is 2.31. The third-order valence-electron chi connectivity index (χ3n) is 3.80. The van der Waals surface area contributed by atoms with Gasteiger partial charge in [-0.2, -0.15) is 0 Å². The van der Waals surface area contributed by atoms with Gasteiger partial charge in [0.15, 0.2) is 0 Å². The van der Waals surface area contributed by atoms with Crippen molar-refractivity contribution in [3.05, 3.63) is 0 Å². The van der Waals surface area contributed by atoms with Crippen LogP contribution in [0.4, 0.5) is 0 Å². The van der Waals surface area contributed by atoms with Gasteiger partial charge in [0.1, 0.15) is 0 Å². The minimum absolute atomic E-state index is 0.637. The Morgan fingerprint density at radius 1 is 1.43 bits per heavy atom. The van der Waals surface area contributed by atoms with E-state index in [0.29, 0.717) is 6.04 Å². The van der Waals surface area contributed by atoms with Crippen molar-refractivity contribution in [2.75, 3.05) is 20.1 Å². The minimum atomic E-state index is 0.637. The van der Waals surface area contributed by atoms with Crippen LogP contribution >= 0.6 is 0 Å². The third-order valence-corrected chi connectivity index (χ3v) is 3.80. The van der Waals surface area contributed by atoms with Crippen molar-refractivity contribution in [1.82, 2.24) is 4.90 Å². The summed E-state index contributed by atoms with van der Waals surface area (Å²) in [6.45, 7) is 6.62. The smallest absolute Gasteiger partial charge is 0.0243 e. The average molecular weight is 198 g/mol. The molecule has 2 nitrogen and oxygen atoms in total. The summed E-state index contributed by atoms with van der Waals surface area (Å²) >= 11 is 0. The van der Waals surface area contributed by atoms with Crippen LogP contribution in [0, 0.1) is 11.8 Å². The van der Waals surface area contributed by atoms with Gasteiger partial charge in [0.25, 0.3) is 0 Å². The highest BCUT2D eigenvalue weighted by atomic mass is 15.1. The Balaban J connectivity index is 2.34. The third kappa shape index (κ3) is 2.96. The lowest BCUT2D eigenvalue weighted by molar-refractivity contribution is 0.111. The van der Waals surface area contributed by atoms with Crippen molar-refractivity contribution in [2.45, 2.75) is 45.6 Å². The Morgan fingerprint density at radius 3 is 2.43 bits per heavy atom. The molecule has 1 fully saturated rings. The fraction of sp³-hybridized carbons (Fsp3) is 1.00. The molecule has 2 atom stereocenters. The Kier molecular flexibility index (Phi) is 4.90. The van der Waals surface area contributed by atoms with Crippen molar-refractivity contribution in [3.8, 4) is 0 Å². The van der Waals surface area contributed by atoms with Gasteiger partial charge < -0.3 is 10.6 Å². The first kappa shape index (κ1) is 12.0. The van der Waals surface area contributed by atoms with Gasteiger partial charge in [-0.25, -0.2) is 0 Å². The van der Waals surface area contributed by atoms with Crippen molar-refractivity contribution in [1.29, 1.82) is 0 Å². The van der Waals surface area contributed by atoms with Gasteiger partial charge in [0, 0.05) is 19.1 Å². The molecule has 0 heterocycles. The SMILES string of the molecule is CCC(C)CN(C)C(CN)C1CCC1. The van der Waals surface area contributed by atoms with Crippen molar-refractivity contribution in [3.63, 3.8) is 0 Å². The van der Waals surface area contributed by atoms with Crippen LogP contribution in [-0.2, 0) is 0 Å². The van der Waals surface area contributed by atoms with E-state index in [4.69, 9.17) is 5.73 Å². The maximum Gasteiger partial charge on any atom is 0.0243 e. The molecule has 0 aliphatic heterocycles. The summed E-state index contributed by atoms with van der Waals surface area (Å²) in [5.41, 5.74) is 5.86. The van der Waals surface area contributed by atoms with Gasteiger partial charge in [-0.3, -0.25) is 0 Å². The molecule has 14 heavy (non-hydrogen) atoms. The molecule has 0 aromatic heterocycles. The Morgan fingerprint density at radius 2 is 2.07 bits per heavy atom. The van der Waals surface area contributed by atoms with Gasteiger partial charge in [-0.15, -0.1) is 0 Å². The molecule has 0 amide bonds. The van der Waals surface area contributed by atoms with Gasteiger partial charge in [0.05, 0.1) is 0 Å². The van der Waals surface area contributed by atoms with E-state index in [1.54, 1.807) is 0 Å². The van der Waals surface area contributed by atoms with E-state index in [1.165, 1.54) is 32.2 Å². The van der Waals surface area contributed by atoms with Crippen LogP contribution in [0.5, 0.6) is 0 Å². The summed E-state index contributed by atoms with van der Waals surface area (Å²) in [5.74, 6) is 1.68. The van der Waals surface area contributed by atoms with Crippen LogP contribution in [0.25, 0.3) is 0 Å². The monoisotopic (exact) mass is 198 g/mol. The van der Waals surface area contributed by atoms with Crippen LogP contribution in [0.15, 0.2) is 0 Å². The second-order valence-electron chi connectivity index (χ2n) is 4.95.